The Balaban J connectivity index is 1.80. The van der Waals surface area contributed by atoms with Crippen LogP contribution >= 0.6 is 0 Å². The summed E-state index contributed by atoms with van der Waals surface area (Å²) in [4.78, 5) is 11.0. The molecule has 0 atom stereocenters. The van der Waals surface area contributed by atoms with Crippen LogP contribution in [0.1, 0.15) is 0 Å². The van der Waals surface area contributed by atoms with E-state index in [1.54, 1.807) is 12.1 Å². The number of nitrogens with zero attached hydrogens (tertiary/aromatic N) is 3. The van der Waals surface area contributed by atoms with Gasteiger partial charge in [0.1, 0.15) is 5.75 Å². The van der Waals surface area contributed by atoms with Gasteiger partial charge in [0.05, 0.1) is 0 Å². The predicted molar refractivity (Wildman–Crippen MR) is 74.2 cm³/mol. The molecule has 1 saturated heterocycles. The normalized spacial score (nSPS) is 15.5. The maximum atomic E-state index is 9.27. The maximum absolute atomic E-state index is 9.27. The van der Waals surface area contributed by atoms with Gasteiger partial charge in [-0.1, -0.05) is 12.1 Å². The molecule has 98 valence electrons. The van der Waals surface area contributed by atoms with Gasteiger partial charge in [-0.15, -0.1) is 0 Å². The van der Waals surface area contributed by atoms with Crippen LogP contribution in [0.3, 0.4) is 0 Å². The van der Waals surface area contributed by atoms with Crippen LogP contribution < -0.4 is 10.2 Å². The molecule has 0 spiro atoms. The van der Waals surface area contributed by atoms with E-state index in [1.807, 2.05) is 24.5 Å². The highest BCUT2D eigenvalue weighted by Crippen LogP contribution is 2.21. The standard InChI is InChI=1S/C14H16N4O/c19-13-3-1-11(2-4-13)12-9-16-14(17-10-12)18-7-5-15-6-8-18/h1-4,9-10,15,19H,5-8H2. The summed E-state index contributed by atoms with van der Waals surface area (Å²) >= 11 is 0. The van der Waals surface area contributed by atoms with Crippen molar-refractivity contribution in [3.05, 3.63) is 36.7 Å². The Bertz CT molecular complexity index is 532. The largest absolute Gasteiger partial charge is 0.508 e. The Morgan fingerprint density at radius 1 is 0.947 bits per heavy atom. The van der Waals surface area contributed by atoms with Crippen molar-refractivity contribution in [1.82, 2.24) is 15.3 Å². The van der Waals surface area contributed by atoms with Crippen molar-refractivity contribution in [2.75, 3.05) is 31.1 Å². The number of aromatic hydroxyl groups is 1. The van der Waals surface area contributed by atoms with Crippen LogP contribution in [0.4, 0.5) is 5.95 Å². The molecule has 2 N–H and O–H groups in total. The van der Waals surface area contributed by atoms with Gasteiger partial charge in [-0.2, -0.15) is 0 Å². The van der Waals surface area contributed by atoms with Gasteiger partial charge >= 0.3 is 0 Å². The van der Waals surface area contributed by atoms with Gasteiger partial charge in [-0.3, -0.25) is 0 Å². The van der Waals surface area contributed by atoms with Crippen molar-refractivity contribution < 1.29 is 5.11 Å². The number of hydrogen-bond donors (Lipinski definition) is 2. The van der Waals surface area contributed by atoms with E-state index >= 15 is 0 Å². The van der Waals surface area contributed by atoms with Crippen LogP contribution in [0.2, 0.25) is 0 Å². The summed E-state index contributed by atoms with van der Waals surface area (Å²) in [6.07, 6.45) is 3.66. The van der Waals surface area contributed by atoms with Crippen molar-refractivity contribution >= 4 is 5.95 Å². The van der Waals surface area contributed by atoms with E-state index in [9.17, 15) is 5.11 Å². The third-order valence-corrected chi connectivity index (χ3v) is 3.24. The lowest BCUT2D eigenvalue weighted by Crippen LogP contribution is -2.44. The van der Waals surface area contributed by atoms with Gasteiger partial charge in [0.25, 0.3) is 0 Å². The summed E-state index contributed by atoms with van der Waals surface area (Å²) < 4.78 is 0. The van der Waals surface area contributed by atoms with Crippen molar-refractivity contribution in [1.29, 1.82) is 0 Å². The van der Waals surface area contributed by atoms with Crippen molar-refractivity contribution in [3.63, 3.8) is 0 Å². The molecule has 3 rings (SSSR count). The molecule has 1 fully saturated rings. The fourth-order valence-corrected chi connectivity index (χ4v) is 2.15. The highest BCUT2D eigenvalue weighted by Gasteiger charge is 2.12. The predicted octanol–water partition coefficient (Wildman–Crippen LogP) is 1.26. The number of aromatic nitrogens is 2. The molecule has 0 aliphatic carbocycles. The van der Waals surface area contributed by atoms with Crippen LogP contribution in [0, 0.1) is 0 Å². The number of hydrogen-bond acceptors (Lipinski definition) is 5. The summed E-state index contributed by atoms with van der Waals surface area (Å²) in [5, 5.41) is 12.6. The van der Waals surface area contributed by atoms with Crippen LogP contribution in [0.15, 0.2) is 36.7 Å². The lowest BCUT2D eigenvalue weighted by Gasteiger charge is -2.27. The highest BCUT2D eigenvalue weighted by molar-refractivity contribution is 5.62. The van der Waals surface area contributed by atoms with Gasteiger partial charge in [0.2, 0.25) is 5.95 Å². The monoisotopic (exact) mass is 256 g/mol. The molecular weight excluding hydrogens is 240 g/mol. The Morgan fingerprint density at radius 2 is 1.58 bits per heavy atom. The quantitative estimate of drug-likeness (QED) is 0.847. The van der Waals surface area contributed by atoms with Crippen LogP contribution in [-0.2, 0) is 0 Å². The molecule has 1 aromatic carbocycles. The topological polar surface area (TPSA) is 61.3 Å². The van der Waals surface area contributed by atoms with E-state index in [4.69, 9.17) is 0 Å². The first-order chi connectivity index (χ1) is 9.33. The molecule has 1 aliphatic rings. The minimum atomic E-state index is 0.266. The number of rotatable bonds is 2. The molecule has 2 heterocycles. The molecule has 0 saturated carbocycles. The number of phenols is 1. The molecular formula is C14H16N4O. The summed E-state index contributed by atoms with van der Waals surface area (Å²) in [6, 6.07) is 7.05. The fourth-order valence-electron chi connectivity index (χ4n) is 2.15. The average molecular weight is 256 g/mol. The molecule has 5 heteroatoms. The zero-order valence-corrected chi connectivity index (χ0v) is 10.6. The second-order valence-electron chi connectivity index (χ2n) is 4.56. The smallest absolute Gasteiger partial charge is 0.225 e. The molecule has 0 radical (unpaired) electrons. The first-order valence-electron chi connectivity index (χ1n) is 6.40. The third kappa shape index (κ3) is 2.66. The highest BCUT2D eigenvalue weighted by atomic mass is 16.3. The van der Waals surface area contributed by atoms with Crippen molar-refractivity contribution in [3.8, 4) is 16.9 Å². The summed E-state index contributed by atoms with van der Waals surface area (Å²) in [5.74, 6) is 1.05. The lowest BCUT2D eigenvalue weighted by atomic mass is 10.1. The van der Waals surface area contributed by atoms with Crippen molar-refractivity contribution in [2.24, 2.45) is 0 Å². The molecule has 0 unspecified atom stereocenters. The van der Waals surface area contributed by atoms with Gasteiger partial charge in [0.15, 0.2) is 0 Å². The van der Waals surface area contributed by atoms with Crippen LogP contribution in [0.25, 0.3) is 11.1 Å². The number of benzene rings is 1. The van der Waals surface area contributed by atoms with E-state index in [2.05, 4.69) is 20.2 Å². The average Bonchev–Trinajstić information content (AvgIpc) is 2.49. The number of phenolic OH excluding ortho intramolecular Hbond substituents is 1. The van der Waals surface area contributed by atoms with Gasteiger partial charge < -0.3 is 15.3 Å². The zero-order chi connectivity index (χ0) is 13.1. The van der Waals surface area contributed by atoms with E-state index in [1.165, 1.54) is 0 Å². The number of piperazine rings is 1. The minimum absolute atomic E-state index is 0.266. The Hall–Kier alpha value is -2.14. The van der Waals surface area contributed by atoms with Gasteiger partial charge in [0, 0.05) is 44.1 Å². The van der Waals surface area contributed by atoms with Crippen molar-refractivity contribution in [2.45, 2.75) is 0 Å². The third-order valence-electron chi connectivity index (χ3n) is 3.24. The number of nitrogens with one attached hydrogen (secondary N) is 1. The van der Waals surface area contributed by atoms with E-state index in [-0.39, 0.29) is 5.75 Å². The lowest BCUT2D eigenvalue weighted by molar-refractivity contribution is 0.475. The maximum Gasteiger partial charge on any atom is 0.225 e. The molecule has 5 nitrogen and oxygen atoms in total. The Morgan fingerprint density at radius 3 is 2.21 bits per heavy atom. The second-order valence-corrected chi connectivity index (χ2v) is 4.56. The van der Waals surface area contributed by atoms with Gasteiger partial charge in [-0.25, -0.2) is 9.97 Å². The van der Waals surface area contributed by atoms with E-state index < -0.39 is 0 Å². The molecule has 1 aliphatic heterocycles. The molecule has 19 heavy (non-hydrogen) atoms. The summed E-state index contributed by atoms with van der Waals surface area (Å²) in [7, 11) is 0. The Labute approximate surface area is 111 Å². The summed E-state index contributed by atoms with van der Waals surface area (Å²) in [6.45, 7) is 3.84. The second kappa shape index (κ2) is 5.24. The Kier molecular flexibility index (Phi) is 3.29. The molecule has 1 aromatic heterocycles. The molecule has 2 aromatic rings. The number of anilines is 1. The van der Waals surface area contributed by atoms with Crippen LogP contribution in [-0.4, -0.2) is 41.3 Å². The van der Waals surface area contributed by atoms with Gasteiger partial charge in [-0.05, 0) is 17.7 Å². The molecule has 0 amide bonds. The molecule has 0 bridgehead atoms. The van der Waals surface area contributed by atoms with Crippen LogP contribution in [0.5, 0.6) is 5.75 Å². The SMILES string of the molecule is Oc1ccc(-c2cnc(N3CCNCC3)nc2)cc1. The minimum Gasteiger partial charge on any atom is -0.508 e. The summed E-state index contributed by atoms with van der Waals surface area (Å²) in [5.41, 5.74) is 1.96. The first-order valence-corrected chi connectivity index (χ1v) is 6.40. The zero-order valence-electron chi connectivity index (χ0n) is 10.6. The first kappa shape index (κ1) is 11.9. The van der Waals surface area contributed by atoms with E-state index in [0.717, 1.165) is 43.3 Å². The fraction of sp³-hybridized carbons (Fsp3) is 0.286. The van der Waals surface area contributed by atoms with E-state index in [0.29, 0.717) is 0 Å².